The van der Waals surface area contributed by atoms with Crippen LogP contribution >= 0.6 is 0 Å². The third-order valence-corrected chi connectivity index (χ3v) is 7.70. The molecule has 2 aliphatic carbocycles. The molecular formula is C20H34O2. The molecular weight excluding hydrogens is 272 g/mol. The molecule has 0 radical (unpaired) electrons. The van der Waals surface area contributed by atoms with Crippen LogP contribution in [0.3, 0.4) is 0 Å². The predicted molar refractivity (Wildman–Crippen MR) is 88.9 cm³/mol. The minimum atomic E-state index is 0.0455. The molecule has 6 rings (SSSR count). The van der Waals surface area contributed by atoms with Crippen molar-refractivity contribution in [1.29, 1.82) is 0 Å². The minimum Gasteiger partial charge on any atom is -0.369 e. The maximum Gasteiger partial charge on any atom is 0.0692 e. The second-order valence-electron chi connectivity index (χ2n) is 10.1. The van der Waals surface area contributed by atoms with Gasteiger partial charge in [0.15, 0.2) is 0 Å². The van der Waals surface area contributed by atoms with Crippen molar-refractivity contribution in [3.05, 3.63) is 0 Å². The highest BCUT2D eigenvalue weighted by Gasteiger charge is 2.57. The molecule has 4 atom stereocenters. The van der Waals surface area contributed by atoms with E-state index in [4.69, 9.17) is 9.47 Å². The van der Waals surface area contributed by atoms with Gasteiger partial charge in [-0.25, -0.2) is 0 Å². The maximum absolute atomic E-state index is 6.73. The maximum atomic E-state index is 6.73. The van der Waals surface area contributed by atoms with Crippen LogP contribution in [0.5, 0.6) is 0 Å². The summed E-state index contributed by atoms with van der Waals surface area (Å²) in [6.07, 6.45) is 10.4. The molecule has 0 aromatic heterocycles. The van der Waals surface area contributed by atoms with Gasteiger partial charge in [-0.2, -0.15) is 0 Å². The fourth-order valence-corrected chi connectivity index (χ4v) is 6.74. The molecule has 3 unspecified atom stereocenters. The first kappa shape index (κ1) is 15.4. The molecule has 2 heteroatoms. The first-order valence-corrected chi connectivity index (χ1v) is 9.54. The summed E-state index contributed by atoms with van der Waals surface area (Å²) < 4.78 is 13.2. The predicted octanol–water partition coefficient (Wildman–Crippen LogP) is 5.10. The van der Waals surface area contributed by atoms with Crippen LogP contribution < -0.4 is 0 Å². The van der Waals surface area contributed by atoms with E-state index in [2.05, 4.69) is 34.6 Å². The molecule has 126 valence electrons. The molecule has 0 amide bonds. The van der Waals surface area contributed by atoms with Gasteiger partial charge in [-0.3, -0.25) is 0 Å². The summed E-state index contributed by atoms with van der Waals surface area (Å²) in [5.41, 5.74) is 0.424. The SMILES string of the molecule is CC12CCC(C(C[C@@]3(C)OC4(C)CCC3CC4)C1)C(C)(C)O2. The van der Waals surface area contributed by atoms with E-state index < -0.39 is 0 Å². The fraction of sp³-hybridized carbons (Fsp3) is 1.00. The molecule has 4 heterocycles. The lowest BCUT2D eigenvalue weighted by molar-refractivity contribution is -0.279. The van der Waals surface area contributed by atoms with Crippen molar-refractivity contribution < 1.29 is 9.47 Å². The quantitative estimate of drug-likeness (QED) is 0.707. The number of rotatable bonds is 2. The highest BCUT2D eigenvalue weighted by Crippen LogP contribution is 2.58. The molecule has 0 spiro atoms. The van der Waals surface area contributed by atoms with Crippen molar-refractivity contribution in [2.75, 3.05) is 0 Å². The largest absolute Gasteiger partial charge is 0.369 e. The molecule has 0 aromatic carbocycles. The van der Waals surface area contributed by atoms with Crippen LogP contribution in [0.1, 0.15) is 86.0 Å². The number of fused-ring (bicyclic) bond motifs is 6. The molecule has 0 N–H and O–H groups in total. The van der Waals surface area contributed by atoms with Gasteiger partial charge in [0.05, 0.1) is 22.4 Å². The van der Waals surface area contributed by atoms with E-state index in [0.717, 1.165) is 11.8 Å². The summed E-state index contributed by atoms with van der Waals surface area (Å²) >= 11 is 0. The zero-order valence-electron chi connectivity index (χ0n) is 15.2. The Morgan fingerprint density at radius 1 is 0.818 bits per heavy atom. The lowest BCUT2D eigenvalue weighted by Crippen LogP contribution is -2.61. The molecule has 0 aromatic rings. The van der Waals surface area contributed by atoms with E-state index in [1.54, 1.807) is 0 Å². The smallest absolute Gasteiger partial charge is 0.0692 e. The Morgan fingerprint density at radius 3 is 2.00 bits per heavy atom. The van der Waals surface area contributed by atoms with Gasteiger partial charge in [-0.1, -0.05) is 0 Å². The zero-order chi connectivity index (χ0) is 15.8. The Kier molecular flexibility index (Phi) is 3.16. The molecule has 2 nitrogen and oxygen atoms in total. The van der Waals surface area contributed by atoms with Crippen LogP contribution in [-0.2, 0) is 9.47 Å². The highest BCUT2D eigenvalue weighted by atomic mass is 16.5. The lowest BCUT2D eigenvalue weighted by atomic mass is 9.58. The minimum absolute atomic E-state index is 0.0455. The highest BCUT2D eigenvalue weighted by molar-refractivity contribution is 5.07. The summed E-state index contributed by atoms with van der Waals surface area (Å²) in [5.74, 6) is 2.27. The van der Waals surface area contributed by atoms with Crippen molar-refractivity contribution in [3.63, 3.8) is 0 Å². The third kappa shape index (κ3) is 2.28. The number of ether oxygens (including phenoxy) is 2. The van der Waals surface area contributed by atoms with Crippen LogP contribution in [0, 0.1) is 17.8 Å². The van der Waals surface area contributed by atoms with E-state index in [1.807, 2.05) is 0 Å². The Labute approximate surface area is 136 Å². The fourth-order valence-electron chi connectivity index (χ4n) is 6.74. The van der Waals surface area contributed by atoms with Gasteiger partial charge < -0.3 is 9.47 Å². The van der Waals surface area contributed by atoms with Crippen LogP contribution in [0.4, 0.5) is 0 Å². The van der Waals surface area contributed by atoms with E-state index >= 15 is 0 Å². The van der Waals surface area contributed by atoms with Crippen molar-refractivity contribution >= 4 is 0 Å². The summed E-state index contributed by atoms with van der Waals surface area (Å²) in [5, 5.41) is 0. The van der Waals surface area contributed by atoms with Gasteiger partial charge in [0.2, 0.25) is 0 Å². The Bertz CT molecular complexity index is 460. The van der Waals surface area contributed by atoms with E-state index in [0.29, 0.717) is 5.92 Å². The van der Waals surface area contributed by atoms with Crippen LogP contribution in [0.2, 0.25) is 0 Å². The van der Waals surface area contributed by atoms with Crippen LogP contribution in [-0.4, -0.2) is 22.4 Å². The molecule has 4 aliphatic heterocycles. The third-order valence-electron chi connectivity index (χ3n) is 7.70. The molecule has 22 heavy (non-hydrogen) atoms. The summed E-state index contributed by atoms with van der Waals surface area (Å²) in [6.45, 7) is 11.8. The topological polar surface area (TPSA) is 18.5 Å². The van der Waals surface area contributed by atoms with E-state index in [-0.39, 0.29) is 22.4 Å². The average molecular weight is 306 g/mol. The van der Waals surface area contributed by atoms with Gasteiger partial charge in [0, 0.05) is 0 Å². The summed E-state index contributed by atoms with van der Waals surface area (Å²) in [7, 11) is 0. The summed E-state index contributed by atoms with van der Waals surface area (Å²) in [4.78, 5) is 0. The van der Waals surface area contributed by atoms with Gasteiger partial charge in [0.1, 0.15) is 0 Å². The van der Waals surface area contributed by atoms with E-state index in [1.165, 1.54) is 51.4 Å². The Hall–Kier alpha value is -0.0800. The lowest BCUT2D eigenvalue weighted by Gasteiger charge is -2.61. The number of hydrogen-bond acceptors (Lipinski definition) is 2. The van der Waals surface area contributed by atoms with Gasteiger partial charge in [-0.05, 0) is 104 Å². The first-order chi connectivity index (χ1) is 10.1. The van der Waals surface area contributed by atoms with Crippen LogP contribution in [0.25, 0.3) is 0 Å². The standard InChI is InChI=1S/C20H34O2/c1-17(2)16-8-11-19(4,21-17)12-14(16)13-20(5)15-6-9-18(3,22-20)10-7-15/h14-16H,6-13H2,1-5H3/t14?,15?,16?,18?,19?,20-/m1/s1. The van der Waals surface area contributed by atoms with Gasteiger partial charge in [-0.15, -0.1) is 0 Å². The molecule has 2 saturated carbocycles. The Morgan fingerprint density at radius 2 is 1.45 bits per heavy atom. The number of hydrogen-bond donors (Lipinski definition) is 0. The molecule has 4 saturated heterocycles. The normalized spacial score (nSPS) is 56.3. The van der Waals surface area contributed by atoms with Crippen molar-refractivity contribution in [2.45, 2.75) is 108 Å². The van der Waals surface area contributed by atoms with Crippen LogP contribution in [0.15, 0.2) is 0 Å². The Balaban J connectivity index is 1.56. The molecule has 6 fully saturated rings. The average Bonchev–Trinajstić information content (AvgIpc) is 2.35. The van der Waals surface area contributed by atoms with Gasteiger partial charge in [0.25, 0.3) is 0 Å². The van der Waals surface area contributed by atoms with Crippen molar-refractivity contribution in [1.82, 2.24) is 0 Å². The van der Waals surface area contributed by atoms with E-state index in [9.17, 15) is 0 Å². The second kappa shape index (κ2) is 4.51. The summed E-state index contributed by atoms with van der Waals surface area (Å²) in [6, 6.07) is 0. The molecule has 6 aliphatic rings. The first-order valence-electron chi connectivity index (χ1n) is 9.54. The second-order valence-corrected chi connectivity index (χ2v) is 10.1. The van der Waals surface area contributed by atoms with Crippen molar-refractivity contribution in [3.8, 4) is 0 Å². The van der Waals surface area contributed by atoms with Gasteiger partial charge >= 0.3 is 0 Å². The monoisotopic (exact) mass is 306 g/mol. The zero-order valence-corrected chi connectivity index (χ0v) is 15.2. The van der Waals surface area contributed by atoms with Crippen molar-refractivity contribution in [2.24, 2.45) is 17.8 Å². The molecule has 4 bridgehead atoms.